The molecule has 0 saturated carbocycles. The van der Waals surface area contributed by atoms with Crippen LogP contribution in [0.5, 0.6) is 0 Å². The van der Waals surface area contributed by atoms with Crippen LogP contribution in [0.3, 0.4) is 0 Å². The van der Waals surface area contributed by atoms with E-state index in [1.807, 2.05) is 26.8 Å². The van der Waals surface area contributed by atoms with E-state index < -0.39 is 11.6 Å². The van der Waals surface area contributed by atoms with Crippen LogP contribution in [0.25, 0.3) is 10.9 Å². The molecule has 0 unspecified atom stereocenters. The van der Waals surface area contributed by atoms with Gasteiger partial charge in [-0.05, 0) is 24.5 Å². The lowest BCUT2D eigenvalue weighted by molar-refractivity contribution is 0.590. The standard InChI is InChI=1S/C15H18F2N2/c1-4-5-18-14-8-13(9(2)3)19-15-11(14)6-10(16)7-12(15)17/h6-9H,4-5H2,1-3H3,(H,18,19). The van der Waals surface area contributed by atoms with E-state index in [-0.39, 0.29) is 11.4 Å². The van der Waals surface area contributed by atoms with Gasteiger partial charge < -0.3 is 5.32 Å². The molecule has 0 spiro atoms. The summed E-state index contributed by atoms with van der Waals surface area (Å²) in [6.45, 7) is 6.80. The second-order valence-corrected chi connectivity index (χ2v) is 4.96. The Labute approximate surface area is 111 Å². The van der Waals surface area contributed by atoms with E-state index in [4.69, 9.17) is 0 Å². The van der Waals surface area contributed by atoms with Gasteiger partial charge in [0.2, 0.25) is 0 Å². The number of nitrogens with zero attached hydrogens (tertiary/aromatic N) is 1. The smallest absolute Gasteiger partial charge is 0.152 e. The number of rotatable bonds is 4. The SMILES string of the molecule is CCCNc1cc(C(C)C)nc2c(F)cc(F)cc12. The van der Waals surface area contributed by atoms with E-state index in [0.717, 1.165) is 30.4 Å². The number of fused-ring (bicyclic) bond motifs is 1. The number of aromatic nitrogens is 1. The Balaban J connectivity index is 2.67. The van der Waals surface area contributed by atoms with Gasteiger partial charge in [0.05, 0.1) is 0 Å². The highest BCUT2D eigenvalue weighted by Gasteiger charge is 2.13. The monoisotopic (exact) mass is 264 g/mol. The average Bonchev–Trinajstić information content (AvgIpc) is 2.35. The Hall–Kier alpha value is -1.71. The highest BCUT2D eigenvalue weighted by atomic mass is 19.1. The summed E-state index contributed by atoms with van der Waals surface area (Å²) in [6, 6.07) is 4.08. The first-order valence-electron chi connectivity index (χ1n) is 6.56. The molecule has 2 rings (SSSR count). The zero-order chi connectivity index (χ0) is 14.0. The quantitative estimate of drug-likeness (QED) is 0.882. The zero-order valence-corrected chi connectivity index (χ0v) is 11.4. The highest BCUT2D eigenvalue weighted by molar-refractivity contribution is 5.92. The van der Waals surface area contributed by atoms with Crippen molar-refractivity contribution in [1.82, 2.24) is 4.98 Å². The first-order chi connectivity index (χ1) is 9.02. The van der Waals surface area contributed by atoms with Gasteiger partial charge in [0.1, 0.15) is 11.3 Å². The Bertz CT molecular complexity index is 594. The minimum Gasteiger partial charge on any atom is -0.384 e. The van der Waals surface area contributed by atoms with E-state index in [1.165, 1.54) is 6.07 Å². The predicted molar refractivity (Wildman–Crippen MR) is 74.5 cm³/mol. The van der Waals surface area contributed by atoms with Gasteiger partial charge in [-0.3, -0.25) is 0 Å². The van der Waals surface area contributed by atoms with Crippen molar-refractivity contribution >= 4 is 16.6 Å². The molecule has 0 atom stereocenters. The average molecular weight is 264 g/mol. The number of hydrogen-bond acceptors (Lipinski definition) is 2. The van der Waals surface area contributed by atoms with Crippen LogP contribution in [0.15, 0.2) is 18.2 Å². The van der Waals surface area contributed by atoms with E-state index in [0.29, 0.717) is 5.39 Å². The van der Waals surface area contributed by atoms with Gasteiger partial charge >= 0.3 is 0 Å². The highest BCUT2D eigenvalue weighted by Crippen LogP contribution is 2.28. The molecule has 19 heavy (non-hydrogen) atoms. The topological polar surface area (TPSA) is 24.9 Å². The molecule has 1 heterocycles. The molecule has 2 nitrogen and oxygen atoms in total. The molecule has 2 aromatic rings. The fourth-order valence-corrected chi connectivity index (χ4v) is 1.97. The van der Waals surface area contributed by atoms with Gasteiger partial charge in [0, 0.05) is 29.4 Å². The van der Waals surface area contributed by atoms with E-state index in [1.54, 1.807) is 0 Å². The minimum absolute atomic E-state index is 0.191. The van der Waals surface area contributed by atoms with Crippen LogP contribution in [0.4, 0.5) is 14.5 Å². The van der Waals surface area contributed by atoms with E-state index in [9.17, 15) is 8.78 Å². The lowest BCUT2D eigenvalue weighted by Crippen LogP contribution is -2.04. The molecule has 102 valence electrons. The summed E-state index contributed by atoms with van der Waals surface area (Å²) in [5, 5.41) is 3.71. The molecule has 0 aliphatic heterocycles. The molecule has 1 aromatic heterocycles. The van der Waals surface area contributed by atoms with Crippen molar-refractivity contribution in [2.75, 3.05) is 11.9 Å². The van der Waals surface area contributed by atoms with Crippen molar-refractivity contribution in [3.8, 4) is 0 Å². The van der Waals surface area contributed by atoms with Crippen LogP contribution >= 0.6 is 0 Å². The molecule has 1 N–H and O–H groups in total. The van der Waals surface area contributed by atoms with Crippen LogP contribution in [-0.2, 0) is 0 Å². The lowest BCUT2D eigenvalue weighted by Gasteiger charge is -2.13. The largest absolute Gasteiger partial charge is 0.384 e. The number of halogens is 2. The molecule has 1 aromatic carbocycles. The number of benzene rings is 1. The third-order valence-electron chi connectivity index (χ3n) is 3.01. The maximum absolute atomic E-state index is 13.9. The molecular weight excluding hydrogens is 246 g/mol. The Morgan fingerprint density at radius 2 is 1.95 bits per heavy atom. The zero-order valence-electron chi connectivity index (χ0n) is 11.4. The van der Waals surface area contributed by atoms with Crippen LogP contribution in [0.2, 0.25) is 0 Å². The van der Waals surface area contributed by atoms with Crippen molar-refractivity contribution in [3.63, 3.8) is 0 Å². The molecule has 0 saturated heterocycles. The Kier molecular flexibility index (Phi) is 3.98. The molecule has 0 aliphatic carbocycles. The molecule has 0 amide bonds. The summed E-state index contributed by atoms with van der Waals surface area (Å²) >= 11 is 0. The number of hydrogen-bond donors (Lipinski definition) is 1. The molecule has 4 heteroatoms. The summed E-state index contributed by atoms with van der Waals surface area (Å²) in [7, 11) is 0. The van der Waals surface area contributed by atoms with Gasteiger partial charge in [-0.15, -0.1) is 0 Å². The predicted octanol–water partition coefficient (Wildman–Crippen LogP) is 4.46. The fourth-order valence-electron chi connectivity index (χ4n) is 1.97. The second-order valence-electron chi connectivity index (χ2n) is 4.96. The lowest BCUT2D eigenvalue weighted by atomic mass is 10.1. The molecular formula is C15H18F2N2. The summed E-state index contributed by atoms with van der Waals surface area (Å²) in [5.41, 5.74) is 1.77. The van der Waals surface area contributed by atoms with Crippen molar-refractivity contribution in [2.45, 2.75) is 33.1 Å². The van der Waals surface area contributed by atoms with Crippen molar-refractivity contribution in [2.24, 2.45) is 0 Å². The molecule has 0 fully saturated rings. The van der Waals surface area contributed by atoms with E-state index in [2.05, 4.69) is 10.3 Å². The van der Waals surface area contributed by atoms with Gasteiger partial charge in [0.15, 0.2) is 5.82 Å². The number of nitrogens with one attached hydrogen (secondary N) is 1. The third-order valence-corrected chi connectivity index (χ3v) is 3.01. The van der Waals surface area contributed by atoms with Crippen LogP contribution in [-0.4, -0.2) is 11.5 Å². The molecule has 0 aliphatic rings. The fraction of sp³-hybridized carbons (Fsp3) is 0.400. The first kappa shape index (κ1) is 13.7. The minimum atomic E-state index is -0.614. The maximum atomic E-state index is 13.9. The summed E-state index contributed by atoms with van der Waals surface area (Å²) in [5.74, 6) is -1.00. The Morgan fingerprint density at radius 1 is 1.21 bits per heavy atom. The van der Waals surface area contributed by atoms with Gasteiger partial charge in [-0.2, -0.15) is 0 Å². The Morgan fingerprint density at radius 3 is 2.58 bits per heavy atom. The normalized spacial score (nSPS) is 11.3. The molecule has 0 radical (unpaired) electrons. The number of anilines is 1. The summed E-state index contributed by atoms with van der Waals surface area (Å²) < 4.78 is 27.2. The summed E-state index contributed by atoms with van der Waals surface area (Å²) in [6.07, 6.45) is 0.943. The van der Waals surface area contributed by atoms with Gasteiger partial charge in [-0.25, -0.2) is 13.8 Å². The second kappa shape index (κ2) is 5.51. The van der Waals surface area contributed by atoms with Crippen LogP contribution in [0, 0.1) is 11.6 Å². The summed E-state index contributed by atoms with van der Waals surface area (Å²) in [4.78, 5) is 4.30. The van der Waals surface area contributed by atoms with E-state index >= 15 is 0 Å². The van der Waals surface area contributed by atoms with Gasteiger partial charge in [-0.1, -0.05) is 20.8 Å². The van der Waals surface area contributed by atoms with Gasteiger partial charge in [0.25, 0.3) is 0 Å². The maximum Gasteiger partial charge on any atom is 0.152 e. The van der Waals surface area contributed by atoms with Crippen LogP contribution in [0.1, 0.15) is 38.8 Å². The first-order valence-corrected chi connectivity index (χ1v) is 6.56. The van der Waals surface area contributed by atoms with Crippen molar-refractivity contribution in [3.05, 3.63) is 35.5 Å². The number of pyridine rings is 1. The van der Waals surface area contributed by atoms with Crippen molar-refractivity contribution in [1.29, 1.82) is 0 Å². The third kappa shape index (κ3) is 2.83. The van der Waals surface area contributed by atoms with Crippen LogP contribution < -0.4 is 5.32 Å². The van der Waals surface area contributed by atoms with Crippen molar-refractivity contribution < 1.29 is 8.78 Å². The molecule has 0 bridgehead atoms.